The maximum absolute atomic E-state index is 12.8. The molecule has 0 fully saturated rings. The minimum atomic E-state index is -0.0305. The first-order valence-electron chi connectivity index (χ1n) is 8.41. The van der Waals surface area contributed by atoms with Crippen molar-refractivity contribution in [1.82, 2.24) is 9.38 Å². The fraction of sp³-hybridized carbons (Fsp3) is 0.200. The highest BCUT2D eigenvalue weighted by atomic mass is 32.1. The van der Waals surface area contributed by atoms with Crippen LogP contribution in [-0.4, -0.2) is 16.0 Å². The van der Waals surface area contributed by atoms with Crippen molar-refractivity contribution in [3.8, 4) is 5.75 Å². The highest BCUT2D eigenvalue weighted by Gasteiger charge is 2.11. The van der Waals surface area contributed by atoms with Crippen LogP contribution in [0.3, 0.4) is 0 Å². The van der Waals surface area contributed by atoms with Crippen LogP contribution in [0.25, 0.3) is 22.1 Å². The van der Waals surface area contributed by atoms with Gasteiger partial charge in [0.25, 0.3) is 5.56 Å². The Hall–Kier alpha value is -2.66. The molecule has 2 aromatic carbocycles. The zero-order chi connectivity index (χ0) is 17.2. The number of unbranched alkanes of at least 4 members (excludes halogenated alkanes) is 1. The van der Waals surface area contributed by atoms with Crippen LogP contribution in [0.1, 0.15) is 25.3 Å². The van der Waals surface area contributed by atoms with E-state index in [1.165, 1.54) is 11.3 Å². The third kappa shape index (κ3) is 2.91. The molecule has 0 saturated heterocycles. The van der Waals surface area contributed by atoms with Crippen LogP contribution in [0.5, 0.6) is 5.75 Å². The molecule has 4 rings (SSSR count). The van der Waals surface area contributed by atoms with E-state index in [1.54, 1.807) is 4.40 Å². The van der Waals surface area contributed by atoms with Gasteiger partial charge in [-0.1, -0.05) is 55.0 Å². The van der Waals surface area contributed by atoms with Gasteiger partial charge >= 0.3 is 0 Å². The van der Waals surface area contributed by atoms with E-state index in [-0.39, 0.29) is 5.56 Å². The van der Waals surface area contributed by atoms with Gasteiger partial charge in [-0.05, 0) is 30.7 Å². The van der Waals surface area contributed by atoms with Crippen molar-refractivity contribution in [1.29, 1.82) is 0 Å². The lowest BCUT2D eigenvalue weighted by Gasteiger charge is -2.07. The monoisotopic (exact) mass is 350 g/mol. The van der Waals surface area contributed by atoms with E-state index in [0.29, 0.717) is 11.1 Å². The number of rotatable bonds is 5. The second-order valence-electron chi connectivity index (χ2n) is 5.87. The van der Waals surface area contributed by atoms with Gasteiger partial charge in [0, 0.05) is 5.56 Å². The molecule has 2 heterocycles. The number of hydrogen-bond donors (Lipinski definition) is 0. The van der Waals surface area contributed by atoms with E-state index in [9.17, 15) is 4.79 Å². The molecule has 0 bridgehead atoms. The number of hydrogen-bond acceptors (Lipinski definition) is 4. The van der Waals surface area contributed by atoms with Crippen molar-refractivity contribution in [3.05, 3.63) is 69.0 Å². The molecule has 126 valence electrons. The van der Waals surface area contributed by atoms with Crippen molar-refractivity contribution in [2.24, 2.45) is 0 Å². The Morgan fingerprint density at radius 1 is 1.16 bits per heavy atom. The Labute approximate surface area is 149 Å². The minimum absolute atomic E-state index is 0.0305. The van der Waals surface area contributed by atoms with Crippen molar-refractivity contribution in [3.63, 3.8) is 0 Å². The predicted octanol–water partition coefficient (Wildman–Crippen LogP) is 3.64. The molecule has 0 aliphatic heterocycles. The van der Waals surface area contributed by atoms with Gasteiger partial charge in [-0.3, -0.25) is 4.79 Å². The topological polar surface area (TPSA) is 43.6 Å². The third-order valence-electron chi connectivity index (χ3n) is 4.11. The van der Waals surface area contributed by atoms with Gasteiger partial charge in [0.1, 0.15) is 5.75 Å². The van der Waals surface area contributed by atoms with Crippen LogP contribution in [0.2, 0.25) is 0 Å². The van der Waals surface area contributed by atoms with Gasteiger partial charge in [0.15, 0.2) is 4.96 Å². The number of fused-ring (bicyclic) bond motifs is 3. The van der Waals surface area contributed by atoms with E-state index in [4.69, 9.17) is 4.74 Å². The number of para-hydroxylation sites is 3. The summed E-state index contributed by atoms with van der Waals surface area (Å²) >= 11 is 1.41. The summed E-state index contributed by atoms with van der Waals surface area (Å²) in [6.07, 6.45) is 4.00. The molecular formula is C20H18N2O2S. The summed E-state index contributed by atoms with van der Waals surface area (Å²) in [6, 6.07) is 15.5. The Balaban J connectivity index is 1.82. The van der Waals surface area contributed by atoms with Crippen LogP contribution in [0.15, 0.2) is 53.3 Å². The lowest BCUT2D eigenvalue weighted by atomic mass is 10.2. The minimum Gasteiger partial charge on any atom is -0.493 e. The highest BCUT2D eigenvalue weighted by Crippen LogP contribution is 2.20. The smallest absolute Gasteiger partial charge is 0.274 e. The highest BCUT2D eigenvalue weighted by molar-refractivity contribution is 7.15. The fourth-order valence-electron chi connectivity index (χ4n) is 2.81. The Kier molecular flexibility index (Phi) is 4.24. The molecule has 0 amide bonds. The predicted molar refractivity (Wildman–Crippen MR) is 102 cm³/mol. The first-order valence-corrected chi connectivity index (χ1v) is 9.23. The fourth-order valence-corrected chi connectivity index (χ4v) is 3.79. The summed E-state index contributed by atoms with van der Waals surface area (Å²) < 4.78 is 8.22. The van der Waals surface area contributed by atoms with E-state index in [2.05, 4.69) is 11.9 Å². The molecule has 0 saturated carbocycles. The summed E-state index contributed by atoms with van der Waals surface area (Å²) in [5.74, 6) is 0.811. The van der Waals surface area contributed by atoms with Crippen LogP contribution >= 0.6 is 11.3 Å². The second-order valence-corrected chi connectivity index (χ2v) is 6.88. The quantitative estimate of drug-likeness (QED) is 0.516. The number of ether oxygens (including phenoxy) is 1. The van der Waals surface area contributed by atoms with Gasteiger partial charge in [-0.2, -0.15) is 0 Å². The molecule has 0 N–H and O–H groups in total. The molecule has 2 aromatic heterocycles. The zero-order valence-electron chi connectivity index (χ0n) is 13.9. The molecule has 25 heavy (non-hydrogen) atoms. The average molecular weight is 350 g/mol. The molecule has 0 atom stereocenters. The Morgan fingerprint density at radius 2 is 1.96 bits per heavy atom. The number of nitrogens with zero attached hydrogens (tertiary/aromatic N) is 2. The number of thiazole rings is 1. The van der Waals surface area contributed by atoms with E-state index in [0.717, 1.165) is 40.1 Å². The van der Waals surface area contributed by atoms with Gasteiger partial charge in [-0.25, -0.2) is 9.38 Å². The maximum atomic E-state index is 12.8. The molecule has 0 spiro atoms. The lowest BCUT2D eigenvalue weighted by Crippen LogP contribution is -2.22. The Bertz CT molecular complexity index is 1140. The zero-order valence-corrected chi connectivity index (χ0v) is 14.8. The molecule has 5 heteroatoms. The van der Waals surface area contributed by atoms with Crippen LogP contribution < -0.4 is 14.8 Å². The van der Waals surface area contributed by atoms with Gasteiger partial charge in [0.05, 0.1) is 22.2 Å². The first kappa shape index (κ1) is 15.8. The number of imidazole rings is 1. The van der Waals surface area contributed by atoms with Crippen LogP contribution in [-0.2, 0) is 0 Å². The number of aromatic nitrogens is 2. The summed E-state index contributed by atoms with van der Waals surface area (Å²) in [5.41, 5.74) is 2.59. The van der Waals surface area contributed by atoms with Crippen molar-refractivity contribution < 1.29 is 4.74 Å². The molecule has 4 aromatic rings. The SMILES string of the molecule is CCCCOc1ccccc1C=c1sc2nc3ccccc3n2c1=O. The van der Waals surface area contributed by atoms with Crippen molar-refractivity contribution >= 4 is 33.4 Å². The van der Waals surface area contributed by atoms with Crippen molar-refractivity contribution in [2.75, 3.05) is 6.61 Å². The molecule has 0 unspecified atom stereocenters. The van der Waals surface area contributed by atoms with Crippen LogP contribution in [0.4, 0.5) is 0 Å². The molecular weight excluding hydrogens is 332 g/mol. The first-order chi connectivity index (χ1) is 12.3. The largest absolute Gasteiger partial charge is 0.493 e. The summed E-state index contributed by atoms with van der Waals surface area (Å²) in [7, 11) is 0. The molecule has 4 nitrogen and oxygen atoms in total. The van der Waals surface area contributed by atoms with E-state index in [1.807, 2.05) is 54.6 Å². The Morgan fingerprint density at radius 3 is 2.84 bits per heavy atom. The van der Waals surface area contributed by atoms with Gasteiger partial charge in [-0.15, -0.1) is 0 Å². The second kappa shape index (κ2) is 6.69. The van der Waals surface area contributed by atoms with E-state index >= 15 is 0 Å². The summed E-state index contributed by atoms with van der Waals surface area (Å²) in [4.78, 5) is 18.1. The normalized spacial score (nSPS) is 12.3. The molecule has 0 aliphatic carbocycles. The van der Waals surface area contributed by atoms with Gasteiger partial charge in [0.2, 0.25) is 0 Å². The number of benzene rings is 2. The van der Waals surface area contributed by atoms with Crippen molar-refractivity contribution in [2.45, 2.75) is 19.8 Å². The summed E-state index contributed by atoms with van der Waals surface area (Å²) in [6.45, 7) is 2.82. The van der Waals surface area contributed by atoms with Crippen LogP contribution in [0, 0.1) is 0 Å². The third-order valence-corrected chi connectivity index (χ3v) is 5.08. The summed E-state index contributed by atoms with van der Waals surface area (Å²) in [5, 5.41) is 0. The standard InChI is InChI=1S/C20H18N2O2S/c1-2-3-12-24-17-11-7-4-8-14(17)13-18-19(23)22-16-10-6-5-9-15(16)21-20(22)25-18/h4-11,13H,2-3,12H2,1H3. The average Bonchev–Trinajstić information content (AvgIpc) is 3.13. The molecule has 0 radical (unpaired) electrons. The maximum Gasteiger partial charge on any atom is 0.274 e. The van der Waals surface area contributed by atoms with Gasteiger partial charge < -0.3 is 4.74 Å². The molecule has 0 aliphatic rings. The van der Waals surface area contributed by atoms with E-state index < -0.39 is 0 Å². The lowest BCUT2D eigenvalue weighted by molar-refractivity contribution is 0.309.